The molecule has 0 N–H and O–H groups in total. The first-order valence-corrected chi connectivity index (χ1v) is 19.0. The van der Waals surface area contributed by atoms with Crippen LogP contribution in [0.5, 0.6) is 0 Å². The van der Waals surface area contributed by atoms with E-state index in [0.717, 1.165) is 27.8 Å². The van der Waals surface area contributed by atoms with Crippen molar-refractivity contribution in [2.75, 3.05) is 0 Å². The molecule has 58 heavy (non-hydrogen) atoms. The standard InChI is InChI=1S/C54H37N3O/c1-54(2)46-21-10-9-19-43(46)45-32-41(28-30-47(45)54)53-56-51(37-15-7-4-8-16-37)55-52(57-53)40-18-11-17-38(31-40)39-27-29-44-49(33-39)58-48-22-12-20-42(50(44)48)36-25-23-35(24-26-36)34-13-5-3-6-14-34/h3-33H,1-2H3/i3D,5D,6D,13D,14D,23D,24D,25D,26D. The summed E-state index contributed by atoms with van der Waals surface area (Å²) in [6.07, 6.45) is 0. The van der Waals surface area contributed by atoms with Gasteiger partial charge in [-0.1, -0.05) is 171 Å². The fourth-order valence-electron chi connectivity index (χ4n) is 8.21. The lowest BCUT2D eigenvalue weighted by Crippen LogP contribution is -2.14. The lowest BCUT2D eigenvalue weighted by molar-refractivity contribution is 0.660. The number of furan rings is 1. The van der Waals surface area contributed by atoms with E-state index in [9.17, 15) is 0 Å². The summed E-state index contributed by atoms with van der Waals surface area (Å²) in [6, 6.07) is 38.9. The number of rotatable bonds is 6. The Bertz CT molecular complexity index is 3680. The topological polar surface area (TPSA) is 51.8 Å². The highest BCUT2D eigenvalue weighted by Gasteiger charge is 2.35. The summed E-state index contributed by atoms with van der Waals surface area (Å²) in [6.45, 7) is 4.51. The highest BCUT2D eigenvalue weighted by molar-refractivity contribution is 6.13. The SMILES string of the molecule is [2H]c1c([2H])c([2H])c(-c2c([2H])c([2H])c(-c3cccc4oc5cc(-c6cccc(-c7nc(-c8ccccc8)nc(-c8ccc9c(c8)-c8ccccc8C9(C)C)n7)c6)ccc5c34)c([2H])c2[2H])c([2H])c1[2H]. The molecule has 0 unspecified atom stereocenters. The van der Waals surface area contributed by atoms with E-state index in [1.54, 1.807) is 18.2 Å². The van der Waals surface area contributed by atoms with Crippen LogP contribution < -0.4 is 0 Å². The predicted octanol–water partition coefficient (Wildman–Crippen LogP) is 14.1. The van der Waals surface area contributed by atoms with Crippen LogP contribution >= 0.6 is 0 Å². The van der Waals surface area contributed by atoms with Crippen molar-refractivity contribution in [3.63, 3.8) is 0 Å². The van der Waals surface area contributed by atoms with Gasteiger partial charge in [-0.15, -0.1) is 0 Å². The summed E-state index contributed by atoms with van der Waals surface area (Å²) >= 11 is 0. The molecular formula is C54H37N3O. The molecule has 4 heteroatoms. The Morgan fingerprint density at radius 2 is 1.00 bits per heavy atom. The van der Waals surface area contributed by atoms with E-state index in [1.165, 1.54) is 22.3 Å². The van der Waals surface area contributed by atoms with Gasteiger partial charge in [-0.3, -0.25) is 0 Å². The van der Waals surface area contributed by atoms with Crippen LogP contribution in [0.4, 0.5) is 0 Å². The first kappa shape index (κ1) is 25.7. The molecule has 0 saturated heterocycles. The molecule has 0 aliphatic heterocycles. The van der Waals surface area contributed by atoms with Crippen molar-refractivity contribution in [1.82, 2.24) is 15.0 Å². The second-order valence-corrected chi connectivity index (χ2v) is 14.9. The molecule has 0 amide bonds. The minimum atomic E-state index is -0.628. The van der Waals surface area contributed by atoms with Crippen LogP contribution in [0.1, 0.15) is 37.3 Å². The number of nitrogens with zero attached hydrogens (tertiary/aromatic N) is 3. The van der Waals surface area contributed by atoms with E-state index in [2.05, 4.69) is 56.3 Å². The molecule has 8 aromatic carbocycles. The van der Waals surface area contributed by atoms with Crippen molar-refractivity contribution in [3.8, 4) is 78.7 Å². The first-order valence-electron chi connectivity index (χ1n) is 23.5. The third kappa shape index (κ3) is 5.64. The minimum Gasteiger partial charge on any atom is -0.456 e. The lowest BCUT2D eigenvalue weighted by atomic mass is 9.82. The average molecular weight is 753 g/mol. The van der Waals surface area contributed by atoms with Gasteiger partial charge in [0.25, 0.3) is 0 Å². The Labute approximate surface area is 349 Å². The van der Waals surface area contributed by atoms with Gasteiger partial charge in [0.05, 0.1) is 12.3 Å². The van der Waals surface area contributed by atoms with Crippen LogP contribution in [-0.2, 0) is 5.41 Å². The maximum atomic E-state index is 9.13. The monoisotopic (exact) mass is 752 g/mol. The summed E-state index contributed by atoms with van der Waals surface area (Å²) in [5.41, 5.74) is 9.69. The van der Waals surface area contributed by atoms with Gasteiger partial charge in [-0.05, 0) is 86.0 Å². The predicted molar refractivity (Wildman–Crippen MR) is 237 cm³/mol. The second-order valence-electron chi connectivity index (χ2n) is 14.9. The minimum absolute atomic E-state index is 0.00340. The van der Waals surface area contributed by atoms with E-state index < -0.39 is 54.4 Å². The van der Waals surface area contributed by atoms with E-state index in [4.69, 9.17) is 31.7 Å². The Morgan fingerprint density at radius 3 is 1.81 bits per heavy atom. The van der Waals surface area contributed by atoms with Crippen molar-refractivity contribution in [2.45, 2.75) is 19.3 Å². The molecule has 2 heterocycles. The van der Waals surface area contributed by atoms with Crippen LogP contribution in [0, 0.1) is 0 Å². The van der Waals surface area contributed by atoms with Gasteiger partial charge in [0.2, 0.25) is 0 Å². The Balaban J connectivity index is 1.00. The third-order valence-electron chi connectivity index (χ3n) is 11.1. The highest BCUT2D eigenvalue weighted by atomic mass is 16.3. The number of aromatic nitrogens is 3. The van der Waals surface area contributed by atoms with E-state index in [-0.39, 0.29) is 22.1 Å². The number of hydrogen-bond donors (Lipinski definition) is 0. The largest absolute Gasteiger partial charge is 0.456 e. The Kier molecular flexibility index (Phi) is 5.91. The van der Waals surface area contributed by atoms with Gasteiger partial charge in [0.15, 0.2) is 17.5 Å². The molecule has 1 aliphatic rings. The zero-order valence-corrected chi connectivity index (χ0v) is 31.5. The molecule has 2 aromatic heterocycles. The first-order chi connectivity index (χ1) is 32.2. The van der Waals surface area contributed by atoms with Gasteiger partial charge in [0.1, 0.15) is 11.2 Å². The van der Waals surface area contributed by atoms with Crippen molar-refractivity contribution >= 4 is 21.9 Å². The molecule has 11 rings (SSSR count). The van der Waals surface area contributed by atoms with Crippen LogP contribution in [0.15, 0.2) is 192 Å². The summed E-state index contributed by atoms with van der Waals surface area (Å²) < 4.78 is 84.0. The number of benzene rings is 8. The summed E-state index contributed by atoms with van der Waals surface area (Å²) in [5, 5.41) is 1.27. The Morgan fingerprint density at radius 1 is 0.414 bits per heavy atom. The Hall–Kier alpha value is -7.43. The van der Waals surface area contributed by atoms with Gasteiger partial charge >= 0.3 is 0 Å². The molecule has 0 radical (unpaired) electrons. The third-order valence-corrected chi connectivity index (χ3v) is 11.1. The van der Waals surface area contributed by atoms with Crippen molar-refractivity contribution in [2.24, 2.45) is 0 Å². The maximum Gasteiger partial charge on any atom is 0.164 e. The van der Waals surface area contributed by atoms with Crippen molar-refractivity contribution in [1.29, 1.82) is 0 Å². The van der Waals surface area contributed by atoms with Crippen LogP contribution in [-0.4, -0.2) is 15.0 Å². The zero-order chi connectivity index (χ0) is 46.6. The normalized spacial score (nSPS) is 15.0. The molecule has 0 fully saturated rings. The molecule has 0 atom stereocenters. The van der Waals surface area contributed by atoms with Gasteiger partial charge in [0, 0.05) is 32.9 Å². The van der Waals surface area contributed by atoms with Gasteiger partial charge in [-0.2, -0.15) is 0 Å². The lowest BCUT2D eigenvalue weighted by Gasteiger charge is -2.21. The number of hydrogen-bond acceptors (Lipinski definition) is 4. The van der Waals surface area contributed by atoms with Gasteiger partial charge < -0.3 is 4.42 Å². The molecule has 0 bridgehead atoms. The fraction of sp³-hybridized carbons (Fsp3) is 0.0556. The summed E-state index contributed by atoms with van der Waals surface area (Å²) in [4.78, 5) is 15.1. The highest BCUT2D eigenvalue weighted by Crippen LogP contribution is 2.49. The van der Waals surface area contributed by atoms with Gasteiger partial charge in [-0.25, -0.2) is 15.0 Å². The van der Waals surface area contributed by atoms with E-state index in [1.807, 2.05) is 72.8 Å². The quantitative estimate of drug-likeness (QED) is 0.170. The smallest absolute Gasteiger partial charge is 0.164 e. The molecule has 4 nitrogen and oxygen atoms in total. The fourth-order valence-corrected chi connectivity index (χ4v) is 8.21. The molecule has 0 saturated carbocycles. The van der Waals surface area contributed by atoms with Crippen LogP contribution in [0.3, 0.4) is 0 Å². The maximum absolute atomic E-state index is 9.13. The van der Waals surface area contributed by atoms with E-state index in [0.29, 0.717) is 45.0 Å². The summed E-state index contributed by atoms with van der Waals surface area (Å²) in [5.74, 6) is 1.63. The molecule has 1 aliphatic carbocycles. The van der Waals surface area contributed by atoms with Crippen LogP contribution in [0.25, 0.3) is 101 Å². The van der Waals surface area contributed by atoms with E-state index >= 15 is 0 Å². The summed E-state index contributed by atoms with van der Waals surface area (Å²) in [7, 11) is 0. The molecule has 0 spiro atoms. The average Bonchev–Trinajstić information content (AvgIpc) is 3.84. The molecular weight excluding hydrogens is 707 g/mol. The zero-order valence-electron chi connectivity index (χ0n) is 40.5. The second kappa shape index (κ2) is 13.4. The van der Waals surface area contributed by atoms with Crippen molar-refractivity contribution in [3.05, 3.63) is 199 Å². The number of fused-ring (bicyclic) bond motifs is 6. The van der Waals surface area contributed by atoms with Crippen molar-refractivity contribution < 1.29 is 16.8 Å². The molecule has 274 valence electrons. The van der Waals surface area contributed by atoms with Crippen LogP contribution in [0.2, 0.25) is 0 Å². The molecule has 10 aromatic rings.